The summed E-state index contributed by atoms with van der Waals surface area (Å²) in [6.45, 7) is 13.1. The molecule has 2 aromatic carbocycles. The fraction of sp³-hybridized carbons (Fsp3) is 0.486. The molecule has 0 saturated carbocycles. The molecule has 1 aromatic heterocycles. The number of aliphatic hydroxyl groups is 1. The van der Waals surface area contributed by atoms with E-state index in [-0.39, 0.29) is 48.6 Å². The molecule has 0 saturated heterocycles. The Bertz CT molecular complexity index is 1780. The third kappa shape index (κ3) is 8.69. The number of sulfonamides is 1. The van der Waals surface area contributed by atoms with Gasteiger partial charge in [0.05, 0.1) is 36.6 Å². The monoisotopic (exact) mass is 681 g/mol. The largest absolute Gasteiger partial charge is 0.390 e. The van der Waals surface area contributed by atoms with Crippen LogP contribution in [0, 0.1) is 13.8 Å². The van der Waals surface area contributed by atoms with Gasteiger partial charge in [0.2, 0.25) is 5.91 Å². The maximum Gasteiger partial charge on any atom is 0.263 e. The van der Waals surface area contributed by atoms with Crippen LogP contribution in [0.2, 0.25) is 0 Å². The number of hydrogen-bond donors (Lipinski definition) is 3. The number of anilines is 1. The average molecular weight is 682 g/mol. The van der Waals surface area contributed by atoms with Gasteiger partial charge in [-0.05, 0) is 70.7 Å². The minimum Gasteiger partial charge on any atom is -0.390 e. The zero-order valence-corrected chi connectivity index (χ0v) is 29.7. The molecule has 0 radical (unpaired) electrons. The zero-order chi connectivity index (χ0) is 35.3. The Kier molecular flexibility index (Phi) is 11.5. The van der Waals surface area contributed by atoms with Gasteiger partial charge in [-0.15, -0.1) is 0 Å². The lowest BCUT2D eigenvalue weighted by Gasteiger charge is -2.25. The molecule has 12 nitrogen and oxygen atoms in total. The first-order valence-corrected chi connectivity index (χ1v) is 17.7. The molecule has 1 atom stereocenters. The Labute approximate surface area is 283 Å². The predicted molar refractivity (Wildman–Crippen MR) is 184 cm³/mol. The van der Waals surface area contributed by atoms with Crippen LogP contribution in [-0.2, 0) is 37.5 Å². The number of carbonyl (C=O) groups excluding carboxylic acids is 2. The zero-order valence-electron chi connectivity index (χ0n) is 28.8. The Morgan fingerprint density at radius 2 is 1.85 bits per heavy atom. The molecule has 0 spiro atoms. The molecule has 48 heavy (non-hydrogen) atoms. The van der Waals surface area contributed by atoms with Gasteiger partial charge in [-0.1, -0.05) is 54.9 Å². The molecule has 0 unspecified atom stereocenters. The number of aromatic nitrogens is 1. The summed E-state index contributed by atoms with van der Waals surface area (Å²) in [7, 11) is -4.05. The van der Waals surface area contributed by atoms with E-state index in [1.807, 2.05) is 25.1 Å². The number of nitrogens with zero attached hydrogens (tertiary/aromatic N) is 3. The van der Waals surface area contributed by atoms with Gasteiger partial charge in [-0.2, -0.15) is 0 Å². The van der Waals surface area contributed by atoms with Crippen molar-refractivity contribution >= 4 is 33.5 Å². The van der Waals surface area contributed by atoms with Crippen LogP contribution in [-0.4, -0.2) is 65.5 Å². The van der Waals surface area contributed by atoms with Gasteiger partial charge >= 0.3 is 0 Å². The number of unbranched alkanes of at least 4 members (excludes halogenated alkanes) is 1. The smallest absolute Gasteiger partial charge is 0.263 e. The molecule has 2 heterocycles. The van der Waals surface area contributed by atoms with E-state index in [4.69, 9.17) is 14.3 Å². The number of aryl methyl sites for hydroxylation is 1. The van der Waals surface area contributed by atoms with E-state index in [2.05, 4.69) is 22.1 Å². The first-order valence-electron chi connectivity index (χ1n) is 16.2. The molecule has 1 aliphatic rings. The molecule has 13 heteroatoms. The molecule has 1 aliphatic heterocycles. The van der Waals surface area contributed by atoms with Crippen molar-refractivity contribution < 1.29 is 32.4 Å². The number of hydrogen-bond acceptors (Lipinski definition) is 9. The standard InChI is InChI=1S/C35H47N5O7S/c1-8-10-15-30-37-35(7,22-36-31(41)19-34(5,6)43)33(42)40(30)20-25-16-17-27(26(18-25)21-46-9-2)28-13-11-12-14-29(28)48(44,45)39-32-23(3)24(4)47-38-32/h11-14,16-18,43H,8-10,15,19-22H2,1-7H3,(H,36,41)(H,38,39)/t35-/m1/s1. The number of rotatable bonds is 16. The summed E-state index contributed by atoms with van der Waals surface area (Å²) in [6.07, 6.45) is 2.26. The van der Waals surface area contributed by atoms with E-state index in [1.165, 1.54) is 0 Å². The maximum atomic E-state index is 13.9. The van der Waals surface area contributed by atoms with Crippen LogP contribution in [0.4, 0.5) is 5.82 Å². The summed E-state index contributed by atoms with van der Waals surface area (Å²) in [5.74, 6) is 0.712. The van der Waals surface area contributed by atoms with E-state index in [1.54, 1.807) is 63.8 Å². The summed E-state index contributed by atoms with van der Waals surface area (Å²) in [6, 6.07) is 12.4. The lowest BCUT2D eigenvalue weighted by molar-refractivity contribution is -0.131. The van der Waals surface area contributed by atoms with Gasteiger partial charge in [0, 0.05) is 24.2 Å². The summed E-state index contributed by atoms with van der Waals surface area (Å²) >= 11 is 0. The number of amidine groups is 1. The second-order valence-corrected chi connectivity index (χ2v) is 14.7. The molecule has 0 aliphatic carbocycles. The highest BCUT2D eigenvalue weighted by Crippen LogP contribution is 2.34. The fourth-order valence-corrected chi connectivity index (χ4v) is 6.75. The van der Waals surface area contributed by atoms with Crippen molar-refractivity contribution in [3.8, 4) is 11.1 Å². The van der Waals surface area contributed by atoms with Crippen LogP contribution in [0.5, 0.6) is 0 Å². The van der Waals surface area contributed by atoms with Gasteiger partial charge < -0.3 is 19.7 Å². The van der Waals surface area contributed by atoms with Crippen LogP contribution >= 0.6 is 0 Å². The first-order chi connectivity index (χ1) is 22.6. The molecule has 4 rings (SSSR count). The van der Waals surface area contributed by atoms with Gasteiger partial charge in [0.25, 0.3) is 15.9 Å². The SMILES string of the molecule is CCCCC1=N[C@](C)(CNC(=O)CC(C)(C)O)C(=O)N1Cc1ccc(-c2ccccc2S(=O)(=O)Nc2noc(C)c2C)c(COCC)c1. The summed E-state index contributed by atoms with van der Waals surface area (Å²) in [5, 5.41) is 16.7. The predicted octanol–water partition coefficient (Wildman–Crippen LogP) is 5.26. The fourth-order valence-electron chi connectivity index (χ4n) is 5.47. The maximum absolute atomic E-state index is 13.9. The van der Waals surface area contributed by atoms with E-state index < -0.39 is 21.2 Å². The highest BCUT2D eigenvalue weighted by atomic mass is 32.2. The Hall–Kier alpha value is -4.07. The van der Waals surface area contributed by atoms with Gasteiger partial charge in [0.15, 0.2) is 11.4 Å². The lowest BCUT2D eigenvalue weighted by atomic mass is 9.97. The van der Waals surface area contributed by atoms with E-state index in [0.717, 1.165) is 24.0 Å². The molecular weight excluding hydrogens is 634 g/mol. The van der Waals surface area contributed by atoms with Crippen molar-refractivity contribution in [1.82, 2.24) is 15.4 Å². The van der Waals surface area contributed by atoms with Crippen LogP contribution in [0.15, 0.2) is 56.9 Å². The highest BCUT2D eigenvalue weighted by Gasteiger charge is 2.44. The van der Waals surface area contributed by atoms with Crippen molar-refractivity contribution in [2.45, 2.75) is 103 Å². The molecule has 3 aromatic rings. The van der Waals surface area contributed by atoms with Crippen molar-refractivity contribution in [2.24, 2.45) is 4.99 Å². The first kappa shape index (κ1) is 36.8. The van der Waals surface area contributed by atoms with Crippen LogP contribution in [0.1, 0.15) is 82.8 Å². The summed E-state index contributed by atoms with van der Waals surface area (Å²) in [4.78, 5) is 32.9. The number of amides is 2. The normalized spacial score (nSPS) is 16.7. The van der Waals surface area contributed by atoms with Gasteiger partial charge in [-0.25, -0.2) is 8.42 Å². The number of benzene rings is 2. The Morgan fingerprint density at radius 3 is 2.50 bits per heavy atom. The summed E-state index contributed by atoms with van der Waals surface area (Å²) < 4.78 is 40.8. The molecule has 0 fully saturated rings. The quantitative estimate of drug-likeness (QED) is 0.184. The van der Waals surface area contributed by atoms with Crippen molar-refractivity contribution in [1.29, 1.82) is 0 Å². The summed E-state index contributed by atoms with van der Waals surface area (Å²) in [5.41, 5.74) is 0.971. The highest BCUT2D eigenvalue weighted by molar-refractivity contribution is 7.92. The lowest BCUT2D eigenvalue weighted by Crippen LogP contribution is -2.48. The minimum absolute atomic E-state index is 0.00806. The minimum atomic E-state index is -4.05. The van der Waals surface area contributed by atoms with Crippen molar-refractivity contribution in [3.63, 3.8) is 0 Å². The number of ether oxygens (including phenoxy) is 1. The van der Waals surface area contributed by atoms with Crippen molar-refractivity contribution in [3.05, 3.63) is 64.9 Å². The average Bonchev–Trinajstić information content (AvgIpc) is 3.46. The van der Waals surface area contributed by atoms with Crippen LogP contribution in [0.3, 0.4) is 0 Å². The molecular formula is C35H47N5O7S. The van der Waals surface area contributed by atoms with Gasteiger partial charge in [0.1, 0.15) is 11.6 Å². The third-order valence-corrected chi connectivity index (χ3v) is 9.59. The topological polar surface area (TPSA) is 163 Å². The Balaban J connectivity index is 1.65. The van der Waals surface area contributed by atoms with Crippen molar-refractivity contribution in [2.75, 3.05) is 17.9 Å². The molecule has 2 amide bonds. The van der Waals surface area contributed by atoms with Crippen LogP contribution in [0.25, 0.3) is 11.1 Å². The molecule has 260 valence electrons. The van der Waals surface area contributed by atoms with E-state index >= 15 is 0 Å². The number of aliphatic imine (C=N–C) groups is 1. The Morgan fingerprint density at radius 1 is 1.12 bits per heavy atom. The third-order valence-electron chi connectivity index (χ3n) is 8.20. The van der Waals surface area contributed by atoms with E-state index in [0.29, 0.717) is 41.3 Å². The number of carbonyl (C=O) groups is 2. The second kappa shape index (κ2) is 15.0. The molecule has 3 N–H and O–H groups in total. The second-order valence-electron chi connectivity index (χ2n) is 13.0. The number of nitrogens with one attached hydrogen (secondary N) is 2. The van der Waals surface area contributed by atoms with E-state index in [9.17, 15) is 23.1 Å². The molecule has 0 bridgehead atoms. The van der Waals surface area contributed by atoms with Crippen LogP contribution < -0.4 is 10.0 Å². The van der Waals surface area contributed by atoms with Gasteiger partial charge in [-0.3, -0.25) is 24.2 Å².